The summed E-state index contributed by atoms with van der Waals surface area (Å²) in [5.41, 5.74) is 6.50. The second-order valence-electron chi connectivity index (χ2n) is 4.74. The Labute approximate surface area is 126 Å². The van der Waals surface area contributed by atoms with Gasteiger partial charge in [0.15, 0.2) is 0 Å². The number of nitrogens with one attached hydrogen (secondary N) is 1. The molecular formula is C11H15BrN2O4S2. The van der Waals surface area contributed by atoms with Crippen LogP contribution >= 0.6 is 15.9 Å². The summed E-state index contributed by atoms with van der Waals surface area (Å²) in [5.74, 6) is -0.164. The Morgan fingerprint density at radius 3 is 2.40 bits per heavy atom. The molecule has 1 saturated heterocycles. The fourth-order valence-corrected chi connectivity index (χ4v) is 5.95. The van der Waals surface area contributed by atoms with Gasteiger partial charge in [-0.25, -0.2) is 16.8 Å². The topological polar surface area (TPSA) is 106 Å². The van der Waals surface area contributed by atoms with Crippen LogP contribution in [-0.4, -0.2) is 33.6 Å². The molecule has 3 N–H and O–H groups in total. The highest BCUT2D eigenvalue weighted by molar-refractivity contribution is 9.10. The summed E-state index contributed by atoms with van der Waals surface area (Å²) in [6.07, 6.45) is 0.258. The summed E-state index contributed by atoms with van der Waals surface area (Å²) in [6, 6.07) is 4.76. The highest BCUT2D eigenvalue weighted by Gasteiger charge is 2.33. The smallest absolute Gasteiger partial charge is 0.235 e. The standard InChI is InChI=1S/C11H15BrN2O4S2/c12-10-7-8(13)1-2-11(10)14-20(17,18)9-3-5-19(15,16)6-4-9/h1-2,7,9,14H,3-6,13H2. The van der Waals surface area contributed by atoms with Gasteiger partial charge in [0.25, 0.3) is 0 Å². The second kappa shape index (κ2) is 5.53. The number of halogens is 1. The number of benzene rings is 1. The zero-order valence-electron chi connectivity index (χ0n) is 10.5. The summed E-state index contributed by atoms with van der Waals surface area (Å²) in [4.78, 5) is 0. The zero-order chi connectivity index (χ0) is 15.0. The fourth-order valence-electron chi connectivity index (χ4n) is 2.03. The van der Waals surface area contributed by atoms with Crippen LogP contribution in [0, 0.1) is 0 Å². The minimum atomic E-state index is -3.61. The van der Waals surface area contributed by atoms with E-state index in [-0.39, 0.29) is 24.3 Å². The summed E-state index contributed by atoms with van der Waals surface area (Å²) in [7, 11) is -6.69. The van der Waals surface area contributed by atoms with E-state index in [9.17, 15) is 16.8 Å². The first kappa shape index (κ1) is 15.6. The van der Waals surface area contributed by atoms with Crippen LogP contribution in [-0.2, 0) is 19.9 Å². The molecule has 0 aromatic heterocycles. The molecule has 1 aromatic rings. The molecule has 0 atom stereocenters. The van der Waals surface area contributed by atoms with E-state index in [0.29, 0.717) is 15.8 Å². The molecule has 1 fully saturated rings. The molecule has 0 radical (unpaired) electrons. The van der Waals surface area contributed by atoms with Gasteiger partial charge in [0.2, 0.25) is 10.0 Å². The lowest BCUT2D eigenvalue weighted by molar-refractivity contribution is 0.555. The third-order valence-electron chi connectivity index (χ3n) is 3.19. The third kappa shape index (κ3) is 3.64. The van der Waals surface area contributed by atoms with Gasteiger partial charge in [0, 0.05) is 10.2 Å². The van der Waals surface area contributed by atoms with Crippen LogP contribution in [0.5, 0.6) is 0 Å². The molecule has 9 heteroatoms. The van der Waals surface area contributed by atoms with Crippen molar-refractivity contribution in [3.8, 4) is 0 Å². The summed E-state index contributed by atoms with van der Waals surface area (Å²) < 4.78 is 50.2. The number of anilines is 2. The van der Waals surface area contributed by atoms with Gasteiger partial charge in [0.1, 0.15) is 9.84 Å². The van der Waals surface area contributed by atoms with Crippen LogP contribution in [0.4, 0.5) is 11.4 Å². The van der Waals surface area contributed by atoms with Gasteiger partial charge < -0.3 is 5.73 Å². The molecule has 1 aliphatic rings. The quantitative estimate of drug-likeness (QED) is 0.767. The van der Waals surface area contributed by atoms with E-state index in [2.05, 4.69) is 20.7 Å². The normalized spacial score (nSPS) is 19.6. The Morgan fingerprint density at radius 2 is 1.85 bits per heavy atom. The van der Waals surface area contributed by atoms with Crippen LogP contribution in [0.2, 0.25) is 0 Å². The number of sulfonamides is 1. The first-order valence-corrected chi connectivity index (χ1v) is 10.1. The molecule has 20 heavy (non-hydrogen) atoms. The lowest BCUT2D eigenvalue weighted by Crippen LogP contribution is -2.36. The SMILES string of the molecule is Nc1ccc(NS(=O)(=O)C2CCS(=O)(=O)CC2)c(Br)c1. The molecule has 0 saturated carbocycles. The number of nitrogen functional groups attached to an aromatic ring is 1. The zero-order valence-corrected chi connectivity index (χ0v) is 13.8. The van der Waals surface area contributed by atoms with E-state index in [1.165, 1.54) is 0 Å². The minimum absolute atomic E-state index is 0.0819. The Kier molecular flexibility index (Phi) is 4.31. The molecule has 1 aromatic carbocycles. The summed E-state index contributed by atoms with van der Waals surface area (Å²) in [5, 5.41) is -0.685. The van der Waals surface area contributed by atoms with Crippen molar-refractivity contribution in [3.05, 3.63) is 22.7 Å². The van der Waals surface area contributed by atoms with Crippen molar-refractivity contribution in [2.24, 2.45) is 0 Å². The van der Waals surface area contributed by atoms with Crippen molar-refractivity contribution < 1.29 is 16.8 Å². The number of rotatable bonds is 3. The summed E-state index contributed by atoms with van der Waals surface area (Å²) >= 11 is 3.24. The second-order valence-corrected chi connectivity index (χ2v) is 9.86. The van der Waals surface area contributed by atoms with Gasteiger partial charge in [0.05, 0.1) is 22.4 Å². The molecule has 0 spiro atoms. The van der Waals surface area contributed by atoms with E-state index in [0.717, 1.165) is 0 Å². The maximum absolute atomic E-state index is 12.2. The molecular weight excluding hydrogens is 368 g/mol. The van der Waals surface area contributed by atoms with Crippen LogP contribution in [0.25, 0.3) is 0 Å². The molecule has 0 amide bonds. The van der Waals surface area contributed by atoms with Gasteiger partial charge in [-0.15, -0.1) is 0 Å². The fraction of sp³-hybridized carbons (Fsp3) is 0.455. The molecule has 1 aliphatic heterocycles. The van der Waals surface area contributed by atoms with Gasteiger partial charge in [-0.3, -0.25) is 4.72 Å². The monoisotopic (exact) mass is 382 g/mol. The van der Waals surface area contributed by atoms with Gasteiger partial charge in [-0.2, -0.15) is 0 Å². The van der Waals surface area contributed by atoms with Crippen molar-refractivity contribution in [2.75, 3.05) is 22.0 Å². The Morgan fingerprint density at radius 1 is 1.25 bits per heavy atom. The Balaban J connectivity index is 2.16. The van der Waals surface area contributed by atoms with Crippen molar-refractivity contribution in [1.82, 2.24) is 0 Å². The molecule has 6 nitrogen and oxygen atoms in total. The van der Waals surface area contributed by atoms with Crippen molar-refractivity contribution >= 4 is 47.2 Å². The predicted octanol–water partition coefficient (Wildman–Crippen LogP) is 1.35. The van der Waals surface area contributed by atoms with E-state index < -0.39 is 25.1 Å². The van der Waals surface area contributed by atoms with Crippen LogP contribution < -0.4 is 10.5 Å². The molecule has 0 unspecified atom stereocenters. The van der Waals surface area contributed by atoms with Gasteiger partial charge in [-0.05, 0) is 47.0 Å². The average molecular weight is 383 g/mol. The lowest BCUT2D eigenvalue weighted by Gasteiger charge is -2.23. The molecule has 0 bridgehead atoms. The molecule has 0 aliphatic carbocycles. The van der Waals surface area contributed by atoms with Crippen LogP contribution in [0.3, 0.4) is 0 Å². The first-order valence-electron chi connectivity index (χ1n) is 5.97. The average Bonchev–Trinajstić information content (AvgIpc) is 2.32. The number of nitrogens with two attached hydrogens (primary N) is 1. The first-order chi connectivity index (χ1) is 9.20. The Bertz CT molecular complexity index is 702. The predicted molar refractivity (Wildman–Crippen MR) is 82.8 cm³/mol. The largest absolute Gasteiger partial charge is 0.399 e. The van der Waals surface area contributed by atoms with Crippen LogP contribution in [0.15, 0.2) is 22.7 Å². The van der Waals surface area contributed by atoms with Crippen molar-refractivity contribution in [1.29, 1.82) is 0 Å². The highest BCUT2D eigenvalue weighted by Crippen LogP contribution is 2.28. The Hall–Kier alpha value is -0.800. The van der Waals surface area contributed by atoms with Crippen LogP contribution in [0.1, 0.15) is 12.8 Å². The summed E-state index contributed by atoms with van der Waals surface area (Å²) in [6.45, 7) is 0. The van der Waals surface area contributed by atoms with Gasteiger partial charge in [-0.1, -0.05) is 0 Å². The van der Waals surface area contributed by atoms with Crippen molar-refractivity contribution in [2.45, 2.75) is 18.1 Å². The van der Waals surface area contributed by atoms with Crippen molar-refractivity contribution in [3.63, 3.8) is 0 Å². The lowest BCUT2D eigenvalue weighted by atomic mass is 10.2. The third-order valence-corrected chi connectivity index (χ3v) is 7.41. The maximum atomic E-state index is 12.2. The number of hydrogen-bond donors (Lipinski definition) is 2. The number of hydrogen-bond acceptors (Lipinski definition) is 5. The molecule has 112 valence electrons. The van der Waals surface area contributed by atoms with E-state index >= 15 is 0 Å². The number of sulfone groups is 1. The maximum Gasteiger partial charge on any atom is 0.235 e. The van der Waals surface area contributed by atoms with Gasteiger partial charge >= 0.3 is 0 Å². The van der Waals surface area contributed by atoms with E-state index in [4.69, 9.17) is 5.73 Å². The van der Waals surface area contributed by atoms with E-state index in [1.54, 1.807) is 18.2 Å². The minimum Gasteiger partial charge on any atom is -0.399 e. The highest BCUT2D eigenvalue weighted by atomic mass is 79.9. The molecule has 2 rings (SSSR count). The van der Waals surface area contributed by atoms with E-state index in [1.807, 2.05) is 0 Å². The molecule has 1 heterocycles.